The van der Waals surface area contributed by atoms with E-state index in [2.05, 4.69) is 20.2 Å². The minimum absolute atomic E-state index is 0.568. The Morgan fingerprint density at radius 3 is 2.69 bits per heavy atom. The second-order valence-corrected chi connectivity index (χ2v) is 6.06. The Kier molecular flexibility index (Phi) is 3.60. The van der Waals surface area contributed by atoms with Crippen LogP contribution in [0.25, 0.3) is 33.3 Å². The molecule has 4 rings (SSSR count). The van der Waals surface area contributed by atoms with Crippen LogP contribution in [0.4, 0.5) is 13.2 Å². The number of nitrogens with one attached hydrogen (secondary N) is 1. The fraction of sp³-hybridized carbons (Fsp3) is 0.235. The molecule has 0 aliphatic rings. The molecule has 6 nitrogen and oxygen atoms in total. The van der Waals surface area contributed by atoms with Gasteiger partial charge in [-0.25, -0.2) is 0 Å². The highest BCUT2D eigenvalue weighted by Gasteiger charge is 2.28. The lowest BCUT2D eigenvalue weighted by atomic mass is 10.1. The van der Waals surface area contributed by atoms with Crippen molar-refractivity contribution < 1.29 is 17.7 Å². The fourth-order valence-electron chi connectivity index (χ4n) is 3.03. The summed E-state index contributed by atoms with van der Waals surface area (Å²) in [7, 11) is 0. The number of aryl methyl sites for hydroxylation is 2. The molecule has 0 saturated heterocycles. The summed E-state index contributed by atoms with van der Waals surface area (Å²) in [6, 6.07) is 1.92. The Labute approximate surface area is 145 Å². The molecule has 0 fully saturated rings. The van der Waals surface area contributed by atoms with Crippen LogP contribution in [0, 0.1) is 13.8 Å². The van der Waals surface area contributed by atoms with Gasteiger partial charge in [0.15, 0.2) is 0 Å². The van der Waals surface area contributed by atoms with Crippen molar-refractivity contribution in [1.82, 2.24) is 24.9 Å². The number of hydrogen-bond acceptors (Lipinski definition) is 4. The van der Waals surface area contributed by atoms with E-state index in [1.165, 1.54) is 12.4 Å². The van der Waals surface area contributed by atoms with Gasteiger partial charge in [0, 0.05) is 40.8 Å². The van der Waals surface area contributed by atoms with Crippen molar-refractivity contribution >= 4 is 11.0 Å². The molecular weight excluding hydrogens is 347 g/mol. The fourth-order valence-corrected chi connectivity index (χ4v) is 3.03. The Bertz CT molecular complexity index is 1070. The van der Waals surface area contributed by atoms with Gasteiger partial charge in [-0.2, -0.15) is 18.3 Å². The number of pyridine rings is 1. The third kappa shape index (κ3) is 2.85. The number of H-pyrrole nitrogens is 1. The molecule has 0 unspecified atom stereocenters. The van der Waals surface area contributed by atoms with Crippen LogP contribution in [0.2, 0.25) is 0 Å². The lowest BCUT2D eigenvalue weighted by Crippen LogP contribution is -2.17. The van der Waals surface area contributed by atoms with Crippen LogP contribution in [-0.2, 0) is 6.54 Å². The summed E-state index contributed by atoms with van der Waals surface area (Å²) >= 11 is 0. The number of fused-ring (bicyclic) bond motifs is 1. The smallest absolute Gasteiger partial charge is 0.361 e. The number of nitrogens with zero attached hydrogens (tertiary/aromatic N) is 4. The maximum absolute atomic E-state index is 12.5. The van der Waals surface area contributed by atoms with Crippen molar-refractivity contribution in [2.45, 2.75) is 26.6 Å². The molecule has 4 heterocycles. The van der Waals surface area contributed by atoms with Crippen molar-refractivity contribution in [3.63, 3.8) is 0 Å². The highest BCUT2D eigenvalue weighted by Crippen LogP contribution is 2.32. The number of alkyl halides is 3. The number of hydrogen-bond donors (Lipinski definition) is 1. The van der Waals surface area contributed by atoms with Gasteiger partial charge in [-0.1, -0.05) is 5.16 Å². The quantitative estimate of drug-likeness (QED) is 0.592. The average molecular weight is 361 g/mol. The molecule has 4 aromatic heterocycles. The first kappa shape index (κ1) is 16.4. The summed E-state index contributed by atoms with van der Waals surface area (Å²) in [6.45, 7) is 2.55. The molecule has 0 aliphatic carbocycles. The van der Waals surface area contributed by atoms with E-state index in [4.69, 9.17) is 4.52 Å². The van der Waals surface area contributed by atoms with Crippen molar-refractivity contribution in [3.05, 3.63) is 42.3 Å². The molecule has 0 saturated carbocycles. The number of rotatable bonds is 3. The van der Waals surface area contributed by atoms with E-state index in [-0.39, 0.29) is 0 Å². The van der Waals surface area contributed by atoms with E-state index in [0.29, 0.717) is 22.4 Å². The molecule has 0 amide bonds. The molecule has 9 heteroatoms. The van der Waals surface area contributed by atoms with Gasteiger partial charge in [-0.3, -0.25) is 9.67 Å². The average Bonchev–Trinajstić information content (AvgIpc) is 3.24. The maximum atomic E-state index is 12.5. The lowest BCUT2D eigenvalue weighted by Gasteiger charge is -2.05. The SMILES string of the molecule is Cc1noc(C)c1-c1cnc2c(-c3cnn(CC(F)(F)F)c3)c[nH]c2c1. The maximum Gasteiger partial charge on any atom is 0.408 e. The van der Waals surface area contributed by atoms with E-state index >= 15 is 0 Å². The van der Waals surface area contributed by atoms with Crippen molar-refractivity contribution in [2.75, 3.05) is 0 Å². The number of halogens is 3. The van der Waals surface area contributed by atoms with Crippen molar-refractivity contribution in [2.24, 2.45) is 0 Å². The zero-order valence-corrected chi connectivity index (χ0v) is 13.9. The molecule has 0 aromatic carbocycles. The summed E-state index contributed by atoms with van der Waals surface area (Å²) in [4.78, 5) is 7.59. The summed E-state index contributed by atoms with van der Waals surface area (Å²) < 4.78 is 43.5. The Morgan fingerprint density at radius 1 is 1.19 bits per heavy atom. The van der Waals surface area contributed by atoms with Crippen LogP contribution >= 0.6 is 0 Å². The zero-order chi connectivity index (χ0) is 18.5. The molecule has 26 heavy (non-hydrogen) atoms. The van der Waals surface area contributed by atoms with Gasteiger partial charge in [0.25, 0.3) is 0 Å². The van der Waals surface area contributed by atoms with Crippen molar-refractivity contribution in [1.29, 1.82) is 0 Å². The third-order valence-electron chi connectivity index (χ3n) is 4.12. The Morgan fingerprint density at radius 2 is 2.00 bits per heavy atom. The van der Waals surface area contributed by atoms with Gasteiger partial charge in [-0.05, 0) is 19.9 Å². The number of aromatic nitrogens is 5. The van der Waals surface area contributed by atoms with Gasteiger partial charge in [0.2, 0.25) is 0 Å². The van der Waals surface area contributed by atoms with Crippen LogP contribution < -0.4 is 0 Å². The lowest BCUT2D eigenvalue weighted by molar-refractivity contribution is -0.142. The Hall–Kier alpha value is -3.10. The molecule has 0 radical (unpaired) electrons. The van der Waals surface area contributed by atoms with Crippen molar-refractivity contribution in [3.8, 4) is 22.3 Å². The second kappa shape index (κ2) is 5.72. The second-order valence-electron chi connectivity index (χ2n) is 6.06. The standard InChI is InChI=1S/C17H14F3N5O/c1-9-15(10(2)26-24-9)11-3-14-16(22-4-11)13(6-21-14)12-5-23-25(7-12)8-17(18,19)20/h3-7,21H,8H2,1-2H3. The van der Waals surface area contributed by atoms with Gasteiger partial charge >= 0.3 is 6.18 Å². The highest BCUT2D eigenvalue weighted by atomic mass is 19.4. The van der Waals surface area contributed by atoms with Gasteiger partial charge < -0.3 is 9.51 Å². The van der Waals surface area contributed by atoms with Crippen LogP contribution in [0.3, 0.4) is 0 Å². The molecular formula is C17H14F3N5O. The van der Waals surface area contributed by atoms with Gasteiger partial charge in [-0.15, -0.1) is 0 Å². The third-order valence-corrected chi connectivity index (χ3v) is 4.12. The predicted molar refractivity (Wildman–Crippen MR) is 88.3 cm³/mol. The molecule has 0 aliphatic heterocycles. The van der Waals surface area contributed by atoms with E-state index in [0.717, 1.165) is 27.0 Å². The van der Waals surface area contributed by atoms with E-state index in [1.807, 2.05) is 19.9 Å². The molecule has 0 atom stereocenters. The first-order valence-electron chi connectivity index (χ1n) is 7.82. The largest absolute Gasteiger partial charge is 0.408 e. The molecule has 0 bridgehead atoms. The highest BCUT2D eigenvalue weighted by molar-refractivity contribution is 5.94. The first-order chi connectivity index (χ1) is 12.3. The monoisotopic (exact) mass is 361 g/mol. The normalized spacial score (nSPS) is 12.2. The Balaban J connectivity index is 1.73. The topological polar surface area (TPSA) is 72.5 Å². The molecule has 134 valence electrons. The molecule has 1 N–H and O–H groups in total. The minimum atomic E-state index is -4.31. The van der Waals surface area contributed by atoms with Crippen LogP contribution in [0.1, 0.15) is 11.5 Å². The van der Waals surface area contributed by atoms with Crippen LogP contribution in [-0.4, -0.2) is 31.1 Å². The van der Waals surface area contributed by atoms with E-state index in [9.17, 15) is 13.2 Å². The van der Waals surface area contributed by atoms with Crippen LogP contribution in [0.15, 0.2) is 35.4 Å². The summed E-state index contributed by atoms with van der Waals surface area (Å²) in [5.74, 6) is 0.698. The molecule has 4 aromatic rings. The van der Waals surface area contributed by atoms with Gasteiger partial charge in [0.05, 0.1) is 22.9 Å². The minimum Gasteiger partial charge on any atom is -0.361 e. The molecule has 0 spiro atoms. The summed E-state index contributed by atoms with van der Waals surface area (Å²) in [5, 5.41) is 7.72. The first-order valence-corrected chi connectivity index (χ1v) is 7.82. The van der Waals surface area contributed by atoms with Gasteiger partial charge in [0.1, 0.15) is 12.3 Å². The zero-order valence-electron chi connectivity index (χ0n) is 13.9. The predicted octanol–water partition coefficient (Wildman–Crippen LogP) is 4.26. The van der Waals surface area contributed by atoms with E-state index in [1.54, 1.807) is 12.4 Å². The van der Waals surface area contributed by atoms with E-state index < -0.39 is 12.7 Å². The summed E-state index contributed by atoms with van der Waals surface area (Å²) in [5.41, 5.74) is 5.19. The summed E-state index contributed by atoms with van der Waals surface area (Å²) in [6.07, 6.45) is 1.86. The van der Waals surface area contributed by atoms with Crippen LogP contribution in [0.5, 0.6) is 0 Å². The number of aromatic amines is 1.